The van der Waals surface area contributed by atoms with E-state index in [1.165, 1.54) is 43.4 Å². The number of rotatable bonds is 10. The average Bonchev–Trinajstić information content (AvgIpc) is 3.28. The van der Waals surface area contributed by atoms with Crippen molar-refractivity contribution in [3.8, 4) is 0 Å². The molecule has 2 aliphatic heterocycles. The van der Waals surface area contributed by atoms with Crippen molar-refractivity contribution in [2.24, 2.45) is 29.1 Å². The first-order valence-electron chi connectivity index (χ1n) is 16.7. The lowest BCUT2D eigenvalue weighted by Crippen LogP contribution is -2.59. The van der Waals surface area contributed by atoms with E-state index >= 15 is 0 Å². The molecule has 4 atom stereocenters. The van der Waals surface area contributed by atoms with Gasteiger partial charge in [-0.15, -0.1) is 0 Å². The summed E-state index contributed by atoms with van der Waals surface area (Å²) < 4.78 is 0. The summed E-state index contributed by atoms with van der Waals surface area (Å²) in [7, 11) is 0. The molecule has 42 heavy (non-hydrogen) atoms. The van der Waals surface area contributed by atoms with Crippen LogP contribution in [0.5, 0.6) is 0 Å². The van der Waals surface area contributed by atoms with Gasteiger partial charge in [-0.3, -0.25) is 4.79 Å². The van der Waals surface area contributed by atoms with Crippen LogP contribution in [0.25, 0.3) is 0 Å². The van der Waals surface area contributed by atoms with E-state index in [-0.39, 0.29) is 29.4 Å². The van der Waals surface area contributed by atoms with Crippen molar-refractivity contribution in [3.05, 3.63) is 41.6 Å². The molecule has 3 amide bonds. The fourth-order valence-electron chi connectivity index (χ4n) is 8.41. The second kappa shape index (κ2) is 13.7. The number of hydrogen-bond acceptors (Lipinski definition) is 4. The molecule has 0 spiro atoms. The van der Waals surface area contributed by atoms with Crippen LogP contribution < -0.4 is 21.3 Å². The van der Waals surface area contributed by atoms with Crippen LogP contribution in [0, 0.1) is 29.1 Å². The van der Waals surface area contributed by atoms with Crippen molar-refractivity contribution >= 4 is 11.9 Å². The Kier molecular flexibility index (Phi) is 10.00. The average molecular weight is 579 g/mol. The normalized spacial score (nSPS) is 27.9. The van der Waals surface area contributed by atoms with Gasteiger partial charge in [0, 0.05) is 42.0 Å². The van der Waals surface area contributed by atoms with Crippen LogP contribution in [-0.4, -0.2) is 46.6 Å². The Labute approximate surface area is 252 Å². The van der Waals surface area contributed by atoms with Crippen LogP contribution in [0.3, 0.4) is 0 Å². The first kappa shape index (κ1) is 30.7. The topological polar surface area (TPSA) is 111 Å². The summed E-state index contributed by atoms with van der Waals surface area (Å²) in [6.45, 7) is 9.66. The second-order valence-corrected chi connectivity index (χ2v) is 14.2. The van der Waals surface area contributed by atoms with Crippen LogP contribution in [0.2, 0.25) is 0 Å². The number of carbonyl (C=O) groups is 2. The summed E-state index contributed by atoms with van der Waals surface area (Å²) in [6.07, 6.45) is 21.0. The maximum atomic E-state index is 13.9. The zero-order chi connectivity index (χ0) is 29.7. The molecule has 1 saturated heterocycles. The monoisotopic (exact) mass is 578 g/mol. The van der Waals surface area contributed by atoms with E-state index < -0.39 is 6.04 Å². The van der Waals surface area contributed by atoms with E-state index in [0.717, 1.165) is 44.2 Å². The zero-order valence-electron chi connectivity index (χ0n) is 26.3. The molecular weight excluding hydrogens is 524 g/mol. The molecule has 0 aromatic carbocycles. The van der Waals surface area contributed by atoms with E-state index in [9.17, 15) is 9.59 Å². The van der Waals surface area contributed by atoms with Crippen molar-refractivity contribution in [2.75, 3.05) is 6.54 Å². The largest absolute Gasteiger partial charge is 0.381 e. The maximum absolute atomic E-state index is 13.9. The zero-order valence-corrected chi connectivity index (χ0v) is 26.3. The van der Waals surface area contributed by atoms with Crippen LogP contribution in [0.1, 0.15) is 104 Å². The summed E-state index contributed by atoms with van der Waals surface area (Å²) in [5, 5.41) is 13.7. The second-order valence-electron chi connectivity index (χ2n) is 14.2. The molecule has 3 aliphatic carbocycles. The molecular formula is C34H54N6O2. The molecule has 5 N–H and O–H groups in total. The lowest BCUT2D eigenvalue weighted by Gasteiger charge is -2.46. The summed E-state index contributed by atoms with van der Waals surface area (Å²) in [4.78, 5) is 34.8. The van der Waals surface area contributed by atoms with Crippen molar-refractivity contribution in [2.45, 2.75) is 123 Å². The van der Waals surface area contributed by atoms with E-state index in [4.69, 9.17) is 0 Å². The number of allylic oxidation sites excluding steroid dienone is 3. The molecule has 5 aliphatic rings. The van der Waals surface area contributed by atoms with Gasteiger partial charge in [-0.25, -0.2) is 9.78 Å². The molecule has 232 valence electrons. The van der Waals surface area contributed by atoms with Crippen molar-refractivity contribution in [3.63, 3.8) is 0 Å². The third kappa shape index (κ3) is 7.05. The fourth-order valence-corrected chi connectivity index (χ4v) is 8.41. The van der Waals surface area contributed by atoms with E-state index in [1.54, 1.807) is 12.5 Å². The molecule has 1 aromatic heterocycles. The Balaban J connectivity index is 1.29. The first-order valence-corrected chi connectivity index (χ1v) is 16.7. The van der Waals surface area contributed by atoms with E-state index in [0.29, 0.717) is 36.6 Å². The molecule has 1 aromatic rings. The summed E-state index contributed by atoms with van der Waals surface area (Å²) in [5.74, 6) is 1.74. The van der Waals surface area contributed by atoms with Crippen LogP contribution in [0.4, 0.5) is 4.79 Å². The Morgan fingerprint density at radius 1 is 0.976 bits per heavy atom. The van der Waals surface area contributed by atoms with Gasteiger partial charge in [0.2, 0.25) is 5.91 Å². The number of aromatic nitrogens is 2. The smallest absolute Gasteiger partial charge is 0.315 e. The molecule has 8 nitrogen and oxygen atoms in total. The third-order valence-electron chi connectivity index (χ3n) is 10.8. The fraction of sp³-hybridized carbons (Fsp3) is 0.735. The number of H-pyrrole nitrogens is 1. The summed E-state index contributed by atoms with van der Waals surface area (Å²) in [6, 6.07) is -0.551. The number of carbonyl (C=O) groups excluding carboxylic acids is 2. The number of nitrogens with one attached hydrogen (secondary N) is 5. The highest BCUT2D eigenvalue weighted by molar-refractivity contribution is 5.87. The summed E-state index contributed by atoms with van der Waals surface area (Å²) >= 11 is 0. The lowest BCUT2D eigenvalue weighted by atomic mass is 9.66. The van der Waals surface area contributed by atoms with Gasteiger partial charge in [-0.1, -0.05) is 59.5 Å². The van der Waals surface area contributed by atoms with Gasteiger partial charge in [0.05, 0.1) is 12.4 Å². The predicted molar refractivity (Wildman–Crippen MR) is 168 cm³/mol. The number of imidazole rings is 1. The van der Waals surface area contributed by atoms with Crippen molar-refractivity contribution in [1.82, 2.24) is 31.2 Å². The number of nitrogens with zero attached hydrogens (tertiary/aromatic N) is 1. The van der Waals surface area contributed by atoms with Gasteiger partial charge in [0.25, 0.3) is 0 Å². The maximum Gasteiger partial charge on any atom is 0.315 e. The summed E-state index contributed by atoms with van der Waals surface area (Å²) in [5.41, 5.74) is 3.63. The number of hydrogen-bond donors (Lipinski definition) is 5. The Hall–Kier alpha value is -2.77. The van der Waals surface area contributed by atoms with Crippen LogP contribution in [0.15, 0.2) is 35.9 Å². The lowest BCUT2D eigenvalue weighted by molar-refractivity contribution is -0.123. The minimum atomic E-state index is -0.690. The Bertz CT molecular complexity index is 1100. The van der Waals surface area contributed by atoms with Crippen LogP contribution in [-0.2, 0) is 11.2 Å². The SMILES string of the molecule is CC(C)C1CCCC(C(C)C)C1NC(=O)NC(Cc1cnc[nH]1)C(=O)NCC1(C2NC3=CC=C2CCC3)CCCCC1. The number of urea groups is 1. The molecule has 0 radical (unpaired) electrons. The van der Waals surface area contributed by atoms with E-state index in [1.807, 2.05) is 0 Å². The third-order valence-corrected chi connectivity index (χ3v) is 10.8. The highest BCUT2D eigenvalue weighted by Gasteiger charge is 2.44. The van der Waals surface area contributed by atoms with Crippen molar-refractivity contribution in [1.29, 1.82) is 0 Å². The number of amides is 3. The molecule has 6 rings (SSSR count). The standard InChI is InChI=1S/C34H54N6O2/c1-22(2)27-12-9-13-28(23(3)4)30(27)40-33(42)39-29(18-26-19-35-21-37-26)32(41)36-20-34(16-6-5-7-17-34)31-24-10-8-11-25(38-31)15-14-24/h14-15,19,21-23,27-31,38H,5-13,16-18,20H2,1-4H3,(H,35,37)(H,36,41)(H2,39,40,42). The van der Waals surface area contributed by atoms with Gasteiger partial charge in [0.15, 0.2) is 0 Å². The van der Waals surface area contributed by atoms with Crippen LogP contribution >= 0.6 is 0 Å². The highest BCUT2D eigenvalue weighted by Crippen LogP contribution is 2.45. The molecule has 4 unspecified atom stereocenters. The molecule has 2 bridgehead atoms. The van der Waals surface area contributed by atoms with E-state index in [2.05, 4.69) is 71.1 Å². The van der Waals surface area contributed by atoms with Gasteiger partial charge in [-0.2, -0.15) is 0 Å². The molecule has 3 fully saturated rings. The van der Waals surface area contributed by atoms with Gasteiger partial charge in [-0.05, 0) is 80.3 Å². The number of aromatic amines is 1. The quantitative estimate of drug-likeness (QED) is 0.243. The Morgan fingerprint density at radius 2 is 1.71 bits per heavy atom. The minimum absolute atomic E-state index is 0.0124. The van der Waals surface area contributed by atoms with Gasteiger partial charge in [0.1, 0.15) is 6.04 Å². The number of fused-ring (bicyclic) bond motifs is 4. The van der Waals surface area contributed by atoms with Crippen molar-refractivity contribution < 1.29 is 9.59 Å². The Morgan fingerprint density at radius 3 is 2.38 bits per heavy atom. The predicted octanol–water partition coefficient (Wildman–Crippen LogP) is 5.75. The van der Waals surface area contributed by atoms with Gasteiger partial charge >= 0.3 is 6.03 Å². The first-order chi connectivity index (χ1) is 20.3. The molecule has 3 heterocycles. The molecule has 2 saturated carbocycles. The molecule has 8 heteroatoms. The van der Waals surface area contributed by atoms with Gasteiger partial charge < -0.3 is 26.3 Å². The number of dihydropyridines is 1. The minimum Gasteiger partial charge on any atom is -0.381 e. The highest BCUT2D eigenvalue weighted by atomic mass is 16.2.